The molecule has 0 atom stereocenters. The molecule has 2 aromatic heterocycles. The van der Waals surface area contributed by atoms with E-state index >= 15 is 0 Å². The number of nitrogens with zero attached hydrogens (tertiary/aromatic N) is 4. The van der Waals surface area contributed by atoms with E-state index in [0.29, 0.717) is 16.8 Å². The van der Waals surface area contributed by atoms with Crippen molar-refractivity contribution in [2.75, 3.05) is 26.1 Å². The van der Waals surface area contributed by atoms with E-state index in [1.54, 1.807) is 13.3 Å². The Morgan fingerprint density at radius 2 is 1.96 bits per heavy atom. The number of hydrogen-bond donors (Lipinski definition) is 1. The third kappa shape index (κ3) is 3.03. The summed E-state index contributed by atoms with van der Waals surface area (Å²) in [5.74, 6) is 0.716. The lowest BCUT2D eigenvalue weighted by atomic mass is 10.2. The van der Waals surface area contributed by atoms with Gasteiger partial charge in [0.25, 0.3) is 5.56 Å². The van der Waals surface area contributed by atoms with Crippen LogP contribution >= 0.6 is 0 Å². The van der Waals surface area contributed by atoms with E-state index in [1.165, 1.54) is 11.0 Å². The molecule has 4 rings (SSSR count). The number of anilines is 1. The minimum atomic E-state index is -0.253. The van der Waals surface area contributed by atoms with Gasteiger partial charge >= 0.3 is 0 Å². The molecule has 0 saturated heterocycles. The van der Waals surface area contributed by atoms with Crippen molar-refractivity contribution in [2.24, 2.45) is 5.10 Å². The lowest BCUT2D eigenvalue weighted by molar-refractivity contribution is 0.415. The Labute approximate surface area is 155 Å². The number of benzene rings is 2. The van der Waals surface area contributed by atoms with Crippen LogP contribution in [0.3, 0.4) is 0 Å². The van der Waals surface area contributed by atoms with Gasteiger partial charge in [0.2, 0.25) is 0 Å². The fraction of sp³-hybridized carbons (Fsp3) is 0.150. The van der Waals surface area contributed by atoms with Crippen LogP contribution in [0.4, 0.5) is 5.69 Å². The van der Waals surface area contributed by atoms with Crippen molar-refractivity contribution in [3.8, 4) is 5.75 Å². The van der Waals surface area contributed by atoms with Gasteiger partial charge < -0.3 is 14.6 Å². The van der Waals surface area contributed by atoms with Gasteiger partial charge in [-0.15, -0.1) is 0 Å². The van der Waals surface area contributed by atoms with Gasteiger partial charge in [0.15, 0.2) is 0 Å². The molecule has 0 radical (unpaired) electrons. The Hall–Kier alpha value is -3.61. The molecule has 0 unspecified atom stereocenters. The number of hydrogen-bond acceptors (Lipinski definition) is 5. The topological polar surface area (TPSA) is 75.5 Å². The van der Waals surface area contributed by atoms with E-state index in [2.05, 4.69) is 15.1 Å². The highest BCUT2D eigenvalue weighted by atomic mass is 16.5. The minimum absolute atomic E-state index is 0.253. The van der Waals surface area contributed by atoms with E-state index in [1.807, 2.05) is 61.5 Å². The van der Waals surface area contributed by atoms with E-state index in [-0.39, 0.29) is 5.56 Å². The van der Waals surface area contributed by atoms with Crippen LogP contribution in [0.1, 0.15) is 5.56 Å². The van der Waals surface area contributed by atoms with Crippen LogP contribution < -0.4 is 15.2 Å². The maximum Gasteiger partial charge on any atom is 0.298 e. The summed E-state index contributed by atoms with van der Waals surface area (Å²) in [5.41, 5.74) is 3.58. The molecular formula is C20H19N5O2. The van der Waals surface area contributed by atoms with Crippen molar-refractivity contribution in [1.29, 1.82) is 0 Å². The van der Waals surface area contributed by atoms with Gasteiger partial charge in [-0.3, -0.25) is 4.79 Å². The Morgan fingerprint density at radius 3 is 2.67 bits per heavy atom. The SMILES string of the molecule is COc1ccc2c(c1)[nH]c1c(=O)n(/N=C\c3ccc(N(C)C)cc3)cnc12. The summed E-state index contributed by atoms with van der Waals surface area (Å²) in [6.07, 6.45) is 3.08. The maximum absolute atomic E-state index is 12.8. The van der Waals surface area contributed by atoms with Crippen molar-refractivity contribution in [3.05, 3.63) is 64.7 Å². The number of ether oxygens (including phenoxy) is 1. The van der Waals surface area contributed by atoms with Crippen molar-refractivity contribution < 1.29 is 4.74 Å². The Morgan fingerprint density at radius 1 is 1.19 bits per heavy atom. The second-order valence-electron chi connectivity index (χ2n) is 6.38. The zero-order chi connectivity index (χ0) is 19.0. The summed E-state index contributed by atoms with van der Waals surface area (Å²) in [5, 5.41) is 5.14. The Kier molecular flexibility index (Phi) is 4.12. The second kappa shape index (κ2) is 6.60. The summed E-state index contributed by atoms with van der Waals surface area (Å²) in [4.78, 5) is 22.3. The van der Waals surface area contributed by atoms with E-state index < -0.39 is 0 Å². The number of nitrogens with one attached hydrogen (secondary N) is 1. The van der Waals surface area contributed by atoms with Crippen LogP contribution in [-0.2, 0) is 0 Å². The highest BCUT2D eigenvalue weighted by Gasteiger charge is 2.11. The predicted octanol–water partition coefficient (Wildman–Crippen LogP) is 2.83. The van der Waals surface area contributed by atoms with Crippen molar-refractivity contribution >= 4 is 33.8 Å². The van der Waals surface area contributed by atoms with Gasteiger partial charge in [0.05, 0.1) is 18.8 Å². The lowest BCUT2D eigenvalue weighted by Gasteiger charge is -2.11. The summed E-state index contributed by atoms with van der Waals surface area (Å²) < 4.78 is 6.46. The quantitative estimate of drug-likeness (QED) is 0.567. The number of aromatic nitrogens is 3. The molecule has 0 amide bonds. The van der Waals surface area contributed by atoms with Crippen molar-refractivity contribution in [1.82, 2.24) is 14.6 Å². The van der Waals surface area contributed by atoms with Crippen LogP contribution in [0.2, 0.25) is 0 Å². The number of H-pyrrole nitrogens is 1. The van der Waals surface area contributed by atoms with Crippen molar-refractivity contribution in [3.63, 3.8) is 0 Å². The third-order valence-corrected chi connectivity index (χ3v) is 4.44. The predicted molar refractivity (Wildman–Crippen MR) is 108 cm³/mol. The van der Waals surface area contributed by atoms with Gasteiger partial charge in [-0.1, -0.05) is 12.1 Å². The molecule has 1 N–H and O–H groups in total. The van der Waals surface area contributed by atoms with Gasteiger partial charge in [0.1, 0.15) is 23.1 Å². The first-order chi connectivity index (χ1) is 13.1. The first kappa shape index (κ1) is 16.8. The Balaban J connectivity index is 1.73. The van der Waals surface area contributed by atoms with Gasteiger partial charge in [-0.25, -0.2) is 4.98 Å². The minimum Gasteiger partial charge on any atom is -0.497 e. The molecule has 4 aromatic rings. The molecule has 136 valence electrons. The fourth-order valence-corrected chi connectivity index (χ4v) is 2.93. The monoisotopic (exact) mass is 361 g/mol. The highest BCUT2D eigenvalue weighted by molar-refractivity contribution is 6.04. The molecule has 2 heterocycles. The molecule has 27 heavy (non-hydrogen) atoms. The van der Waals surface area contributed by atoms with Crippen LogP contribution in [0, 0.1) is 0 Å². The van der Waals surface area contributed by atoms with Gasteiger partial charge in [-0.05, 0) is 29.8 Å². The lowest BCUT2D eigenvalue weighted by Crippen LogP contribution is -2.17. The van der Waals surface area contributed by atoms with Crippen molar-refractivity contribution in [2.45, 2.75) is 0 Å². The zero-order valence-electron chi connectivity index (χ0n) is 15.3. The number of fused-ring (bicyclic) bond motifs is 3. The third-order valence-electron chi connectivity index (χ3n) is 4.44. The van der Waals surface area contributed by atoms with E-state index in [0.717, 1.165) is 22.2 Å². The van der Waals surface area contributed by atoms with Crippen LogP contribution in [0.5, 0.6) is 5.75 Å². The van der Waals surface area contributed by atoms with Crippen LogP contribution in [0.25, 0.3) is 21.9 Å². The highest BCUT2D eigenvalue weighted by Crippen LogP contribution is 2.25. The molecule has 0 aliphatic carbocycles. The maximum atomic E-state index is 12.8. The molecule has 0 aliphatic heterocycles. The number of methoxy groups -OCH3 is 1. The number of aromatic amines is 1. The largest absolute Gasteiger partial charge is 0.497 e. The molecule has 0 saturated carbocycles. The summed E-state index contributed by atoms with van der Waals surface area (Å²) in [6.45, 7) is 0. The smallest absolute Gasteiger partial charge is 0.298 e. The molecule has 0 aliphatic rings. The summed E-state index contributed by atoms with van der Waals surface area (Å²) in [7, 11) is 5.58. The summed E-state index contributed by atoms with van der Waals surface area (Å²) in [6, 6.07) is 13.5. The molecule has 2 aromatic carbocycles. The van der Waals surface area contributed by atoms with E-state index in [9.17, 15) is 4.79 Å². The van der Waals surface area contributed by atoms with Gasteiger partial charge in [0, 0.05) is 31.2 Å². The number of rotatable bonds is 4. The average Bonchev–Trinajstić information content (AvgIpc) is 3.06. The van der Waals surface area contributed by atoms with Crippen LogP contribution in [-0.4, -0.2) is 42.1 Å². The summed E-state index contributed by atoms with van der Waals surface area (Å²) >= 11 is 0. The molecule has 7 nitrogen and oxygen atoms in total. The molecular weight excluding hydrogens is 342 g/mol. The first-order valence-electron chi connectivity index (χ1n) is 8.45. The van der Waals surface area contributed by atoms with Gasteiger partial charge in [-0.2, -0.15) is 9.78 Å². The standard InChI is InChI=1S/C20H19N5O2/c1-24(2)14-6-4-13(5-7-14)11-22-25-12-21-18-16-9-8-15(27-3)10-17(16)23-19(18)20(25)26/h4-12,23H,1-3H3/b22-11-. The molecule has 0 bridgehead atoms. The fourth-order valence-electron chi connectivity index (χ4n) is 2.93. The molecule has 7 heteroatoms. The zero-order valence-corrected chi connectivity index (χ0v) is 15.3. The first-order valence-corrected chi connectivity index (χ1v) is 8.45. The normalized spacial score (nSPS) is 11.5. The Bertz CT molecular complexity index is 1200. The van der Waals surface area contributed by atoms with Crippen LogP contribution in [0.15, 0.2) is 58.7 Å². The molecule has 0 spiro atoms. The average molecular weight is 361 g/mol. The van der Waals surface area contributed by atoms with E-state index in [4.69, 9.17) is 4.74 Å². The second-order valence-corrected chi connectivity index (χ2v) is 6.38. The molecule has 0 fully saturated rings.